The Morgan fingerprint density at radius 3 is 2.58 bits per heavy atom. The number of hydrogen-bond donors (Lipinski definition) is 1. The van der Waals surface area contributed by atoms with Crippen LogP contribution >= 0.6 is 11.8 Å². The lowest BCUT2D eigenvalue weighted by molar-refractivity contribution is 0.0601. The van der Waals surface area contributed by atoms with Crippen molar-refractivity contribution in [3.05, 3.63) is 54.1 Å². The molecule has 2 amide bonds. The Hall–Kier alpha value is -2.47. The summed E-state index contributed by atoms with van der Waals surface area (Å²) in [5, 5.41) is 3.21. The number of nitrogens with zero attached hydrogens (tertiary/aromatic N) is 1. The second kappa shape index (κ2) is 6.97. The van der Waals surface area contributed by atoms with E-state index in [0.29, 0.717) is 23.0 Å². The maximum atomic E-state index is 12.7. The van der Waals surface area contributed by atoms with Crippen LogP contribution < -0.4 is 10.2 Å². The third kappa shape index (κ3) is 3.38. The normalized spacial score (nSPS) is 16.2. The number of esters is 1. The number of amides is 2. The molecule has 2 aromatic carbocycles. The molecule has 5 nitrogen and oxygen atoms in total. The van der Waals surface area contributed by atoms with Crippen LogP contribution in [0.3, 0.4) is 0 Å². The van der Waals surface area contributed by atoms with Crippen LogP contribution in [0.5, 0.6) is 0 Å². The van der Waals surface area contributed by atoms with Crippen molar-refractivity contribution in [3.63, 3.8) is 0 Å². The van der Waals surface area contributed by atoms with Gasteiger partial charge in [0, 0.05) is 22.4 Å². The highest BCUT2D eigenvalue weighted by Crippen LogP contribution is 2.38. The number of hydrogen-bond acceptors (Lipinski definition) is 4. The zero-order valence-corrected chi connectivity index (χ0v) is 14.3. The molecule has 24 heavy (non-hydrogen) atoms. The van der Waals surface area contributed by atoms with Crippen molar-refractivity contribution in [1.29, 1.82) is 0 Å². The zero-order chi connectivity index (χ0) is 17.1. The molecule has 0 aliphatic carbocycles. The van der Waals surface area contributed by atoms with Gasteiger partial charge in [-0.1, -0.05) is 19.1 Å². The van der Waals surface area contributed by atoms with Crippen LogP contribution in [-0.2, 0) is 4.74 Å². The Kier molecular flexibility index (Phi) is 4.76. The number of urea groups is 1. The van der Waals surface area contributed by atoms with E-state index in [2.05, 4.69) is 17.0 Å². The minimum absolute atomic E-state index is 0.180. The summed E-state index contributed by atoms with van der Waals surface area (Å²) in [7, 11) is 1.34. The van der Waals surface area contributed by atoms with Gasteiger partial charge in [-0.15, -0.1) is 11.8 Å². The average Bonchev–Trinajstić information content (AvgIpc) is 2.60. The van der Waals surface area contributed by atoms with Crippen LogP contribution in [0.4, 0.5) is 16.2 Å². The molecule has 0 saturated carbocycles. The summed E-state index contributed by atoms with van der Waals surface area (Å²) in [4.78, 5) is 27.0. The molecular weight excluding hydrogens is 324 g/mol. The SMILES string of the molecule is COC(=O)c1ccc(NC(=O)N2C[C@H](C)Sc3ccccc32)cc1. The third-order valence-electron chi connectivity index (χ3n) is 3.73. The van der Waals surface area contributed by atoms with Crippen molar-refractivity contribution >= 4 is 35.1 Å². The molecule has 1 N–H and O–H groups in total. The van der Waals surface area contributed by atoms with E-state index in [-0.39, 0.29) is 6.03 Å². The lowest BCUT2D eigenvalue weighted by Crippen LogP contribution is -2.41. The van der Waals surface area contributed by atoms with E-state index >= 15 is 0 Å². The first-order valence-corrected chi connectivity index (χ1v) is 8.49. The van der Waals surface area contributed by atoms with Gasteiger partial charge in [-0.2, -0.15) is 0 Å². The van der Waals surface area contributed by atoms with Crippen LogP contribution in [0.1, 0.15) is 17.3 Å². The van der Waals surface area contributed by atoms with Gasteiger partial charge in [0.05, 0.1) is 18.4 Å². The minimum Gasteiger partial charge on any atom is -0.465 e. The molecule has 0 aromatic heterocycles. The van der Waals surface area contributed by atoms with E-state index in [9.17, 15) is 9.59 Å². The summed E-state index contributed by atoms with van der Waals surface area (Å²) < 4.78 is 4.67. The highest BCUT2D eigenvalue weighted by atomic mass is 32.2. The van der Waals surface area contributed by atoms with Gasteiger partial charge in [-0.25, -0.2) is 9.59 Å². The fourth-order valence-electron chi connectivity index (χ4n) is 2.58. The number of nitrogens with one attached hydrogen (secondary N) is 1. The molecule has 0 fully saturated rings. The van der Waals surface area contributed by atoms with Gasteiger partial charge < -0.3 is 10.1 Å². The predicted molar refractivity (Wildman–Crippen MR) is 95.9 cm³/mol. The average molecular weight is 342 g/mol. The quantitative estimate of drug-likeness (QED) is 0.838. The van der Waals surface area contributed by atoms with Crippen LogP contribution in [-0.4, -0.2) is 30.9 Å². The topological polar surface area (TPSA) is 58.6 Å². The molecule has 1 atom stereocenters. The molecule has 124 valence electrons. The summed E-state index contributed by atoms with van der Waals surface area (Å²) >= 11 is 1.77. The molecule has 0 radical (unpaired) electrons. The van der Waals surface area contributed by atoms with Crippen molar-refractivity contribution < 1.29 is 14.3 Å². The number of methoxy groups -OCH3 is 1. The van der Waals surface area contributed by atoms with Gasteiger partial charge in [-0.3, -0.25) is 4.90 Å². The molecule has 0 bridgehead atoms. The van der Waals surface area contributed by atoms with E-state index in [1.165, 1.54) is 7.11 Å². The second-order valence-electron chi connectivity index (χ2n) is 5.51. The first kappa shape index (κ1) is 16.4. The molecule has 0 spiro atoms. The Labute approximate surface area is 145 Å². The first-order valence-electron chi connectivity index (χ1n) is 7.61. The number of para-hydroxylation sites is 1. The molecule has 2 aromatic rings. The van der Waals surface area contributed by atoms with Gasteiger partial charge in [-0.05, 0) is 36.4 Å². The van der Waals surface area contributed by atoms with E-state index in [0.717, 1.165) is 10.6 Å². The lowest BCUT2D eigenvalue weighted by Gasteiger charge is -2.32. The second-order valence-corrected chi connectivity index (χ2v) is 6.99. The Bertz CT molecular complexity index is 761. The molecule has 0 saturated heterocycles. The zero-order valence-electron chi connectivity index (χ0n) is 13.5. The number of carbonyl (C=O) groups excluding carboxylic acids is 2. The van der Waals surface area contributed by atoms with Gasteiger partial charge in [0.15, 0.2) is 0 Å². The fourth-order valence-corrected chi connectivity index (χ4v) is 3.69. The summed E-state index contributed by atoms with van der Waals surface area (Å²) in [6.45, 7) is 2.75. The summed E-state index contributed by atoms with van der Waals surface area (Å²) in [6.07, 6.45) is 0. The molecule has 1 heterocycles. The number of rotatable bonds is 2. The number of thioether (sulfide) groups is 1. The van der Waals surface area contributed by atoms with Crippen molar-refractivity contribution in [3.8, 4) is 0 Å². The number of ether oxygens (including phenoxy) is 1. The summed E-state index contributed by atoms with van der Waals surface area (Å²) in [5.74, 6) is -0.399. The Balaban J connectivity index is 1.77. The lowest BCUT2D eigenvalue weighted by atomic mass is 10.2. The standard InChI is InChI=1S/C18H18N2O3S/c1-12-11-20(15-5-3-4-6-16(15)24-12)18(22)19-14-9-7-13(8-10-14)17(21)23-2/h3-10,12H,11H2,1-2H3,(H,19,22)/t12-/m0/s1. The molecule has 6 heteroatoms. The first-order chi connectivity index (χ1) is 11.6. The summed E-state index contributed by atoms with van der Waals surface area (Å²) in [5.41, 5.74) is 2.00. The predicted octanol–water partition coefficient (Wildman–Crippen LogP) is 4.01. The van der Waals surface area contributed by atoms with Crippen molar-refractivity contribution in [1.82, 2.24) is 0 Å². The highest BCUT2D eigenvalue weighted by Gasteiger charge is 2.26. The Morgan fingerprint density at radius 1 is 1.17 bits per heavy atom. The molecule has 0 unspecified atom stereocenters. The van der Waals surface area contributed by atoms with Crippen molar-refractivity contribution in [2.24, 2.45) is 0 Å². The van der Waals surface area contributed by atoms with Gasteiger partial charge in [0.1, 0.15) is 0 Å². The largest absolute Gasteiger partial charge is 0.465 e. The molecule has 1 aliphatic heterocycles. The van der Waals surface area contributed by atoms with Gasteiger partial charge in [0.25, 0.3) is 0 Å². The number of carbonyl (C=O) groups is 2. The molecular formula is C18H18N2O3S. The maximum Gasteiger partial charge on any atom is 0.337 e. The van der Waals surface area contributed by atoms with E-state index in [1.54, 1.807) is 40.9 Å². The van der Waals surface area contributed by atoms with Crippen LogP contribution in [0.2, 0.25) is 0 Å². The van der Waals surface area contributed by atoms with Gasteiger partial charge in [0.2, 0.25) is 0 Å². The van der Waals surface area contributed by atoms with Crippen molar-refractivity contribution in [2.45, 2.75) is 17.1 Å². The van der Waals surface area contributed by atoms with Crippen LogP contribution in [0.15, 0.2) is 53.4 Å². The third-order valence-corrected chi connectivity index (χ3v) is 4.88. The van der Waals surface area contributed by atoms with Crippen LogP contribution in [0, 0.1) is 0 Å². The van der Waals surface area contributed by atoms with Gasteiger partial charge >= 0.3 is 12.0 Å². The van der Waals surface area contributed by atoms with Crippen LogP contribution in [0.25, 0.3) is 0 Å². The molecule has 1 aliphatic rings. The van der Waals surface area contributed by atoms with E-state index in [4.69, 9.17) is 0 Å². The van der Waals surface area contributed by atoms with E-state index in [1.807, 2.05) is 24.3 Å². The number of fused-ring (bicyclic) bond motifs is 1. The fraction of sp³-hybridized carbons (Fsp3) is 0.222. The Morgan fingerprint density at radius 2 is 1.88 bits per heavy atom. The smallest absolute Gasteiger partial charge is 0.337 e. The monoisotopic (exact) mass is 342 g/mol. The highest BCUT2D eigenvalue weighted by molar-refractivity contribution is 8.00. The summed E-state index contributed by atoms with van der Waals surface area (Å²) in [6, 6.07) is 14.4. The number of anilines is 2. The molecule has 3 rings (SSSR count). The maximum absolute atomic E-state index is 12.7. The minimum atomic E-state index is -0.399. The van der Waals surface area contributed by atoms with Crippen molar-refractivity contribution in [2.75, 3.05) is 23.9 Å². The number of benzene rings is 2. The van der Waals surface area contributed by atoms with E-state index < -0.39 is 5.97 Å².